The topological polar surface area (TPSA) is 59.9 Å². The minimum absolute atomic E-state index is 0.00790. The number of nitrogens with one attached hydrogen (secondary N) is 1. The van der Waals surface area contributed by atoms with Gasteiger partial charge in [0.1, 0.15) is 11.5 Å². The van der Waals surface area contributed by atoms with Crippen LogP contribution in [0.5, 0.6) is 11.5 Å². The van der Waals surface area contributed by atoms with Gasteiger partial charge in [0.05, 0.1) is 12.8 Å². The number of ether oxygens (including phenoxy) is 2. The Bertz CT molecular complexity index is 938. The van der Waals surface area contributed by atoms with E-state index in [0.717, 1.165) is 23.4 Å². The molecule has 0 aliphatic rings. The molecule has 0 saturated carbocycles. The van der Waals surface area contributed by atoms with E-state index in [2.05, 4.69) is 10.3 Å². The molecule has 3 aromatic carbocycles. The first-order valence-electron chi connectivity index (χ1n) is 9.44. The second-order valence-corrected chi connectivity index (χ2v) is 6.40. The Morgan fingerprint density at radius 2 is 1.76 bits per heavy atom. The molecule has 0 unspecified atom stereocenters. The monoisotopic (exact) mass is 388 g/mol. The third kappa shape index (κ3) is 6.81. The fourth-order valence-corrected chi connectivity index (χ4v) is 2.68. The highest BCUT2D eigenvalue weighted by Gasteiger charge is 2.03. The van der Waals surface area contributed by atoms with E-state index in [0.29, 0.717) is 12.3 Å². The first-order chi connectivity index (χ1) is 14.2. The number of carbonyl (C=O) groups is 1. The first-order valence-corrected chi connectivity index (χ1v) is 9.44. The van der Waals surface area contributed by atoms with Crippen LogP contribution in [0.1, 0.15) is 11.1 Å². The Morgan fingerprint density at radius 1 is 0.966 bits per heavy atom. The summed E-state index contributed by atoms with van der Waals surface area (Å²) in [7, 11) is 1.63. The number of aliphatic imine (C=N–C) groups is 1. The first kappa shape index (κ1) is 20.1. The molecule has 1 N–H and O–H groups in total. The van der Waals surface area contributed by atoms with Crippen LogP contribution in [0.3, 0.4) is 0 Å². The smallest absolute Gasteiger partial charge is 0.257 e. The van der Waals surface area contributed by atoms with E-state index in [1.54, 1.807) is 13.3 Å². The van der Waals surface area contributed by atoms with Crippen molar-refractivity contribution < 1.29 is 14.3 Å². The lowest BCUT2D eigenvalue weighted by Crippen LogP contribution is -2.30. The van der Waals surface area contributed by atoms with Gasteiger partial charge in [0.25, 0.3) is 5.91 Å². The quantitative estimate of drug-likeness (QED) is 0.559. The van der Waals surface area contributed by atoms with Crippen molar-refractivity contribution in [3.05, 3.63) is 90.0 Å². The van der Waals surface area contributed by atoms with Crippen LogP contribution in [0.4, 0.5) is 5.69 Å². The van der Waals surface area contributed by atoms with Crippen molar-refractivity contribution >= 4 is 17.8 Å². The lowest BCUT2D eigenvalue weighted by molar-refractivity contribution is -0.123. The Labute approximate surface area is 171 Å². The average Bonchev–Trinajstić information content (AvgIpc) is 2.78. The molecule has 5 nitrogen and oxygen atoms in total. The van der Waals surface area contributed by atoms with Crippen molar-refractivity contribution in [3.8, 4) is 11.5 Å². The molecule has 0 saturated heterocycles. The van der Waals surface area contributed by atoms with Crippen molar-refractivity contribution in [1.29, 1.82) is 0 Å². The highest BCUT2D eigenvalue weighted by molar-refractivity contribution is 5.82. The van der Waals surface area contributed by atoms with Gasteiger partial charge in [-0.25, -0.2) is 0 Å². The summed E-state index contributed by atoms with van der Waals surface area (Å²) in [6, 6.07) is 25.0. The predicted octanol–water partition coefficient (Wildman–Crippen LogP) is 4.18. The van der Waals surface area contributed by atoms with Crippen molar-refractivity contribution in [3.63, 3.8) is 0 Å². The lowest BCUT2D eigenvalue weighted by atomic mass is 10.1. The van der Waals surface area contributed by atoms with Gasteiger partial charge in [-0.15, -0.1) is 0 Å². The zero-order chi connectivity index (χ0) is 20.3. The molecule has 0 fully saturated rings. The summed E-state index contributed by atoms with van der Waals surface area (Å²) in [5, 5.41) is 2.87. The second-order valence-electron chi connectivity index (χ2n) is 6.40. The van der Waals surface area contributed by atoms with Gasteiger partial charge < -0.3 is 14.8 Å². The molecule has 1 amide bonds. The maximum atomic E-state index is 11.9. The van der Waals surface area contributed by atoms with Crippen LogP contribution in [0.25, 0.3) is 0 Å². The maximum Gasteiger partial charge on any atom is 0.257 e. The van der Waals surface area contributed by atoms with Gasteiger partial charge in [0.2, 0.25) is 0 Å². The summed E-state index contributed by atoms with van der Waals surface area (Å²) >= 11 is 0. The normalized spacial score (nSPS) is 10.7. The molecular formula is C24H24N2O3. The molecular weight excluding hydrogens is 364 g/mol. The van der Waals surface area contributed by atoms with Gasteiger partial charge in [0, 0.05) is 18.8 Å². The summed E-state index contributed by atoms with van der Waals surface area (Å²) in [6.45, 7) is 0.581. The van der Waals surface area contributed by atoms with Crippen molar-refractivity contribution in [2.75, 3.05) is 20.3 Å². The molecule has 0 spiro atoms. The summed E-state index contributed by atoms with van der Waals surface area (Å²) in [6.07, 6.45) is 2.57. The zero-order valence-corrected chi connectivity index (χ0v) is 16.4. The van der Waals surface area contributed by atoms with E-state index in [4.69, 9.17) is 9.47 Å². The molecule has 0 heterocycles. The molecule has 0 radical (unpaired) electrons. The molecule has 3 aromatic rings. The molecule has 0 aliphatic carbocycles. The highest BCUT2D eigenvalue weighted by Crippen LogP contribution is 2.19. The van der Waals surface area contributed by atoms with Crippen LogP contribution < -0.4 is 14.8 Å². The lowest BCUT2D eigenvalue weighted by Gasteiger charge is -2.08. The number of amides is 1. The van der Waals surface area contributed by atoms with Crippen LogP contribution in [-0.4, -0.2) is 32.4 Å². The van der Waals surface area contributed by atoms with Crippen LogP contribution in [0.15, 0.2) is 83.9 Å². The van der Waals surface area contributed by atoms with E-state index in [1.165, 1.54) is 5.56 Å². The highest BCUT2D eigenvalue weighted by atomic mass is 16.5. The Kier molecular flexibility index (Phi) is 7.41. The summed E-state index contributed by atoms with van der Waals surface area (Å²) in [5.41, 5.74) is 2.95. The molecule has 148 valence electrons. The van der Waals surface area contributed by atoms with Gasteiger partial charge in [-0.2, -0.15) is 0 Å². The average molecular weight is 388 g/mol. The van der Waals surface area contributed by atoms with Crippen molar-refractivity contribution in [2.45, 2.75) is 6.42 Å². The molecule has 5 heteroatoms. The molecule has 0 bridgehead atoms. The fourth-order valence-electron chi connectivity index (χ4n) is 2.68. The molecule has 0 atom stereocenters. The van der Waals surface area contributed by atoms with Crippen LogP contribution in [0, 0.1) is 0 Å². The van der Waals surface area contributed by atoms with E-state index in [-0.39, 0.29) is 12.5 Å². The number of rotatable bonds is 9. The fraction of sp³-hybridized carbons (Fsp3) is 0.167. The number of hydrogen-bond acceptors (Lipinski definition) is 4. The SMILES string of the molecule is COc1cccc(N=Cc2ccc(OCC(=O)NCCc3ccccc3)cc2)c1. The summed E-state index contributed by atoms with van der Waals surface area (Å²) in [4.78, 5) is 16.4. The molecule has 3 rings (SSSR count). The molecule has 0 aliphatic heterocycles. The Hall–Kier alpha value is -3.60. The van der Waals surface area contributed by atoms with E-state index >= 15 is 0 Å². The van der Waals surface area contributed by atoms with Gasteiger partial charge in [-0.3, -0.25) is 9.79 Å². The number of benzene rings is 3. The minimum Gasteiger partial charge on any atom is -0.497 e. The number of methoxy groups -OCH3 is 1. The number of hydrogen-bond donors (Lipinski definition) is 1. The predicted molar refractivity (Wildman–Crippen MR) is 115 cm³/mol. The van der Waals surface area contributed by atoms with E-state index < -0.39 is 0 Å². The second kappa shape index (κ2) is 10.7. The van der Waals surface area contributed by atoms with Crippen LogP contribution >= 0.6 is 0 Å². The van der Waals surface area contributed by atoms with Gasteiger partial charge in [0.15, 0.2) is 6.61 Å². The van der Waals surface area contributed by atoms with Crippen LogP contribution in [0.2, 0.25) is 0 Å². The molecule has 0 aromatic heterocycles. The Morgan fingerprint density at radius 3 is 2.52 bits per heavy atom. The number of nitrogens with zero attached hydrogens (tertiary/aromatic N) is 1. The third-order valence-electron chi connectivity index (χ3n) is 4.24. The molecule has 29 heavy (non-hydrogen) atoms. The minimum atomic E-state index is -0.135. The van der Waals surface area contributed by atoms with Crippen molar-refractivity contribution in [2.24, 2.45) is 4.99 Å². The van der Waals surface area contributed by atoms with Gasteiger partial charge in [-0.1, -0.05) is 36.4 Å². The number of carbonyl (C=O) groups excluding carboxylic acids is 1. The van der Waals surface area contributed by atoms with Gasteiger partial charge >= 0.3 is 0 Å². The maximum absolute atomic E-state index is 11.9. The zero-order valence-electron chi connectivity index (χ0n) is 16.4. The third-order valence-corrected chi connectivity index (χ3v) is 4.24. The summed E-state index contributed by atoms with van der Waals surface area (Å²) < 4.78 is 10.7. The largest absolute Gasteiger partial charge is 0.497 e. The summed E-state index contributed by atoms with van der Waals surface area (Å²) in [5.74, 6) is 1.27. The Balaban J connectivity index is 1.42. The van der Waals surface area contributed by atoms with E-state index in [9.17, 15) is 4.79 Å². The standard InChI is InChI=1S/C24H24N2O3/c1-28-23-9-5-8-21(16-23)26-17-20-10-12-22(13-11-20)29-18-24(27)25-15-14-19-6-3-2-4-7-19/h2-13,16-17H,14-15,18H2,1H3,(H,25,27). The van der Waals surface area contributed by atoms with E-state index in [1.807, 2.05) is 78.9 Å². The van der Waals surface area contributed by atoms with Gasteiger partial charge in [-0.05, 0) is 53.9 Å². The van der Waals surface area contributed by atoms with Crippen molar-refractivity contribution in [1.82, 2.24) is 5.32 Å². The van der Waals surface area contributed by atoms with Crippen LogP contribution in [-0.2, 0) is 11.2 Å².